The molecule has 0 unspecified atom stereocenters. The second-order valence-corrected chi connectivity index (χ2v) is 6.29. The molecule has 13 heavy (non-hydrogen) atoms. The summed E-state index contributed by atoms with van der Waals surface area (Å²) >= 11 is 0. The van der Waals surface area contributed by atoms with E-state index >= 15 is 0 Å². The van der Waals surface area contributed by atoms with Crippen LogP contribution in [-0.4, -0.2) is 45.2 Å². The molecule has 4 nitrogen and oxygen atoms in total. The third-order valence-corrected chi connectivity index (χ3v) is 4.35. The number of nitrogens with zero attached hydrogens (tertiary/aromatic N) is 1. The zero-order valence-electron chi connectivity index (χ0n) is 7.91. The van der Waals surface area contributed by atoms with Crippen LogP contribution in [0, 0.1) is 5.41 Å². The van der Waals surface area contributed by atoms with E-state index in [1.807, 2.05) is 0 Å². The van der Waals surface area contributed by atoms with E-state index in [-0.39, 0.29) is 5.41 Å². The van der Waals surface area contributed by atoms with Gasteiger partial charge in [0.2, 0.25) is 10.0 Å². The number of hydrogen-bond donors (Lipinski definition) is 1. The number of sulfonamides is 1. The largest absolute Gasteiger partial charge is 0.315 e. The molecular weight excluding hydrogens is 188 g/mol. The van der Waals surface area contributed by atoms with Crippen LogP contribution in [0.2, 0.25) is 0 Å². The lowest BCUT2D eigenvalue weighted by atomic mass is 9.76. The van der Waals surface area contributed by atoms with Crippen molar-refractivity contribution in [3.05, 3.63) is 0 Å². The van der Waals surface area contributed by atoms with Crippen LogP contribution in [0.3, 0.4) is 0 Å². The van der Waals surface area contributed by atoms with E-state index in [4.69, 9.17) is 0 Å². The van der Waals surface area contributed by atoms with Gasteiger partial charge in [-0.05, 0) is 12.8 Å². The summed E-state index contributed by atoms with van der Waals surface area (Å²) in [6.07, 6.45) is 3.49. The zero-order valence-corrected chi connectivity index (χ0v) is 8.73. The number of piperidine rings is 1. The van der Waals surface area contributed by atoms with Crippen molar-refractivity contribution in [3.63, 3.8) is 0 Å². The molecule has 2 heterocycles. The predicted molar refractivity (Wildman–Crippen MR) is 51.0 cm³/mol. The maximum Gasteiger partial charge on any atom is 0.211 e. The van der Waals surface area contributed by atoms with Gasteiger partial charge < -0.3 is 5.32 Å². The van der Waals surface area contributed by atoms with Crippen molar-refractivity contribution < 1.29 is 8.42 Å². The van der Waals surface area contributed by atoms with Crippen LogP contribution in [0.5, 0.6) is 0 Å². The Morgan fingerprint density at radius 2 is 2.08 bits per heavy atom. The number of rotatable bonds is 1. The van der Waals surface area contributed by atoms with Gasteiger partial charge in [0.1, 0.15) is 0 Å². The highest BCUT2D eigenvalue weighted by Crippen LogP contribution is 2.34. The molecule has 1 N–H and O–H groups in total. The Kier molecular flexibility index (Phi) is 2.13. The highest BCUT2D eigenvalue weighted by atomic mass is 32.2. The third kappa shape index (κ3) is 1.73. The lowest BCUT2D eigenvalue weighted by Gasteiger charge is -2.48. The van der Waals surface area contributed by atoms with Gasteiger partial charge in [0.15, 0.2) is 0 Å². The molecule has 0 aliphatic carbocycles. The van der Waals surface area contributed by atoms with Gasteiger partial charge in [0.05, 0.1) is 6.26 Å². The van der Waals surface area contributed by atoms with E-state index in [1.165, 1.54) is 12.7 Å². The molecule has 2 aliphatic rings. The predicted octanol–water partition coefficient (Wildman–Crippen LogP) is -0.369. The standard InChI is InChI=1S/C8H16N2O2S/c1-13(11,12)10-4-2-3-8(7-10)5-9-6-8/h9H,2-7H2,1H3. The summed E-state index contributed by atoms with van der Waals surface area (Å²) in [6.45, 7) is 3.40. The Bertz CT molecular complexity index is 295. The first-order valence-corrected chi connectivity index (χ1v) is 6.53. The SMILES string of the molecule is CS(=O)(=O)N1CCCC2(CNC2)C1. The van der Waals surface area contributed by atoms with Crippen LogP contribution in [0.25, 0.3) is 0 Å². The van der Waals surface area contributed by atoms with Crippen molar-refractivity contribution >= 4 is 10.0 Å². The molecule has 0 aromatic rings. The van der Waals surface area contributed by atoms with Gasteiger partial charge in [-0.3, -0.25) is 0 Å². The van der Waals surface area contributed by atoms with Gasteiger partial charge in [-0.25, -0.2) is 12.7 Å². The van der Waals surface area contributed by atoms with Crippen molar-refractivity contribution in [1.29, 1.82) is 0 Å². The zero-order chi connectivity index (χ0) is 9.53. The monoisotopic (exact) mass is 204 g/mol. The van der Waals surface area contributed by atoms with Gasteiger partial charge in [0.25, 0.3) is 0 Å². The second kappa shape index (κ2) is 2.93. The fraction of sp³-hybridized carbons (Fsp3) is 1.00. The van der Waals surface area contributed by atoms with Crippen LogP contribution in [0.1, 0.15) is 12.8 Å². The first kappa shape index (κ1) is 9.43. The second-order valence-electron chi connectivity index (χ2n) is 4.30. The molecule has 0 radical (unpaired) electrons. The summed E-state index contributed by atoms with van der Waals surface area (Å²) in [7, 11) is -2.97. The summed E-state index contributed by atoms with van der Waals surface area (Å²) in [4.78, 5) is 0. The van der Waals surface area contributed by atoms with Crippen LogP contribution < -0.4 is 5.32 Å². The van der Waals surface area contributed by atoms with E-state index in [0.29, 0.717) is 6.54 Å². The molecule has 2 aliphatic heterocycles. The highest BCUT2D eigenvalue weighted by Gasteiger charge is 2.42. The maximum atomic E-state index is 11.3. The molecule has 0 amide bonds. The maximum absolute atomic E-state index is 11.3. The first-order chi connectivity index (χ1) is 6.02. The lowest BCUT2D eigenvalue weighted by Crippen LogP contribution is -2.61. The Morgan fingerprint density at radius 3 is 2.54 bits per heavy atom. The molecule has 0 saturated carbocycles. The van der Waals surface area contributed by atoms with E-state index in [1.54, 1.807) is 4.31 Å². The average molecular weight is 204 g/mol. The van der Waals surface area contributed by atoms with Crippen molar-refractivity contribution in [3.8, 4) is 0 Å². The summed E-state index contributed by atoms with van der Waals surface area (Å²) in [5, 5.41) is 3.22. The van der Waals surface area contributed by atoms with E-state index in [0.717, 1.165) is 26.1 Å². The van der Waals surface area contributed by atoms with Crippen molar-refractivity contribution in [2.45, 2.75) is 12.8 Å². The van der Waals surface area contributed by atoms with Gasteiger partial charge in [0, 0.05) is 31.6 Å². The number of hydrogen-bond acceptors (Lipinski definition) is 3. The Labute approximate surface area is 79.4 Å². The molecule has 2 rings (SSSR count). The van der Waals surface area contributed by atoms with Gasteiger partial charge >= 0.3 is 0 Å². The molecular formula is C8H16N2O2S. The molecule has 1 spiro atoms. The van der Waals surface area contributed by atoms with Gasteiger partial charge in [-0.1, -0.05) is 0 Å². The van der Waals surface area contributed by atoms with Crippen molar-refractivity contribution in [1.82, 2.24) is 9.62 Å². The molecule has 0 aromatic heterocycles. The van der Waals surface area contributed by atoms with Crippen molar-refractivity contribution in [2.75, 3.05) is 32.4 Å². The fourth-order valence-corrected chi connectivity index (χ4v) is 3.18. The Balaban J connectivity index is 2.08. The molecule has 2 fully saturated rings. The number of nitrogens with one attached hydrogen (secondary N) is 1. The van der Waals surface area contributed by atoms with Gasteiger partial charge in [-0.15, -0.1) is 0 Å². The lowest BCUT2D eigenvalue weighted by molar-refractivity contribution is 0.0820. The van der Waals surface area contributed by atoms with Crippen LogP contribution >= 0.6 is 0 Å². The molecule has 5 heteroatoms. The molecule has 0 atom stereocenters. The molecule has 2 saturated heterocycles. The Hall–Kier alpha value is -0.130. The first-order valence-electron chi connectivity index (χ1n) is 4.68. The van der Waals surface area contributed by atoms with Crippen LogP contribution in [0.15, 0.2) is 0 Å². The smallest absolute Gasteiger partial charge is 0.211 e. The van der Waals surface area contributed by atoms with E-state index in [2.05, 4.69) is 5.32 Å². The summed E-state index contributed by atoms with van der Waals surface area (Å²) < 4.78 is 24.3. The van der Waals surface area contributed by atoms with E-state index in [9.17, 15) is 8.42 Å². The minimum atomic E-state index is -2.97. The van der Waals surface area contributed by atoms with E-state index < -0.39 is 10.0 Å². The summed E-state index contributed by atoms with van der Waals surface area (Å²) in [6, 6.07) is 0. The average Bonchev–Trinajstić information content (AvgIpc) is 2.00. The molecule has 0 aromatic carbocycles. The minimum absolute atomic E-state index is 0.265. The van der Waals surface area contributed by atoms with Crippen LogP contribution in [-0.2, 0) is 10.0 Å². The molecule has 0 bridgehead atoms. The fourth-order valence-electron chi connectivity index (χ4n) is 2.21. The topological polar surface area (TPSA) is 49.4 Å². The van der Waals surface area contributed by atoms with Crippen LogP contribution in [0.4, 0.5) is 0 Å². The summed E-state index contributed by atoms with van der Waals surface area (Å²) in [5.74, 6) is 0. The minimum Gasteiger partial charge on any atom is -0.315 e. The Morgan fingerprint density at radius 1 is 1.38 bits per heavy atom. The quantitative estimate of drug-likeness (QED) is 0.634. The highest BCUT2D eigenvalue weighted by molar-refractivity contribution is 7.88. The molecule has 76 valence electrons. The normalized spacial score (nSPS) is 28.7. The summed E-state index contributed by atoms with van der Waals surface area (Å²) in [5.41, 5.74) is 0.265. The van der Waals surface area contributed by atoms with Gasteiger partial charge in [-0.2, -0.15) is 0 Å². The third-order valence-electron chi connectivity index (χ3n) is 3.10. The van der Waals surface area contributed by atoms with Crippen molar-refractivity contribution in [2.24, 2.45) is 5.41 Å².